The monoisotopic (exact) mass is 296 g/mol. The Balaban J connectivity index is 1.56. The molecule has 1 saturated heterocycles. The van der Waals surface area contributed by atoms with Crippen molar-refractivity contribution in [3.05, 3.63) is 16.1 Å². The minimum absolute atomic E-state index is 0.0631. The van der Waals surface area contributed by atoms with Crippen molar-refractivity contribution < 1.29 is 4.79 Å². The van der Waals surface area contributed by atoms with Crippen molar-refractivity contribution in [1.82, 2.24) is 20.5 Å². The van der Waals surface area contributed by atoms with Crippen LogP contribution in [0.2, 0.25) is 0 Å². The second kappa shape index (κ2) is 7.59. The van der Waals surface area contributed by atoms with Gasteiger partial charge in [0, 0.05) is 31.4 Å². The van der Waals surface area contributed by atoms with Gasteiger partial charge >= 0.3 is 6.03 Å². The molecule has 2 rings (SSSR count). The van der Waals surface area contributed by atoms with Crippen LogP contribution in [0.1, 0.15) is 24.0 Å². The number of likely N-dealkylation sites (tertiary alicyclic amines) is 1. The van der Waals surface area contributed by atoms with Crippen molar-refractivity contribution in [3.8, 4) is 0 Å². The van der Waals surface area contributed by atoms with Crippen LogP contribution in [-0.4, -0.2) is 48.6 Å². The molecular weight excluding hydrogens is 272 g/mol. The van der Waals surface area contributed by atoms with Crippen LogP contribution in [0.3, 0.4) is 0 Å². The molecule has 1 fully saturated rings. The van der Waals surface area contributed by atoms with Crippen LogP contribution < -0.4 is 10.6 Å². The van der Waals surface area contributed by atoms with Crippen molar-refractivity contribution in [1.29, 1.82) is 0 Å². The van der Waals surface area contributed by atoms with Crippen molar-refractivity contribution in [2.75, 3.05) is 32.7 Å². The lowest BCUT2D eigenvalue weighted by Crippen LogP contribution is -2.39. The van der Waals surface area contributed by atoms with Gasteiger partial charge in [0.25, 0.3) is 0 Å². The Bertz CT molecular complexity index is 435. The summed E-state index contributed by atoms with van der Waals surface area (Å²) in [5.74, 6) is 0.599. The minimum atomic E-state index is -0.0631. The highest BCUT2D eigenvalue weighted by Gasteiger charge is 2.21. The van der Waals surface area contributed by atoms with E-state index in [9.17, 15) is 4.79 Å². The molecule has 1 aliphatic heterocycles. The zero-order chi connectivity index (χ0) is 14.4. The van der Waals surface area contributed by atoms with Crippen molar-refractivity contribution in [2.24, 2.45) is 5.92 Å². The van der Waals surface area contributed by atoms with Gasteiger partial charge in [0.05, 0.1) is 10.7 Å². The first kappa shape index (κ1) is 15.3. The summed E-state index contributed by atoms with van der Waals surface area (Å²) in [6, 6.07) is -0.0631. The molecule has 2 N–H and O–H groups in total. The van der Waals surface area contributed by atoms with Crippen LogP contribution in [0.25, 0.3) is 0 Å². The van der Waals surface area contributed by atoms with Gasteiger partial charge in [0.2, 0.25) is 0 Å². The van der Waals surface area contributed by atoms with Gasteiger partial charge in [-0.2, -0.15) is 0 Å². The Hall–Kier alpha value is -1.14. The maximum Gasteiger partial charge on any atom is 0.314 e. The number of nitrogens with zero attached hydrogens (tertiary/aromatic N) is 2. The van der Waals surface area contributed by atoms with Gasteiger partial charge in [0.1, 0.15) is 0 Å². The maximum absolute atomic E-state index is 11.7. The van der Waals surface area contributed by atoms with Crippen LogP contribution in [0.15, 0.2) is 5.38 Å². The van der Waals surface area contributed by atoms with E-state index in [0.717, 1.165) is 43.3 Å². The summed E-state index contributed by atoms with van der Waals surface area (Å²) < 4.78 is 0. The van der Waals surface area contributed by atoms with E-state index in [1.165, 1.54) is 6.42 Å². The van der Waals surface area contributed by atoms with E-state index in [2.05, 4.69) is 27.4 Å². The Morgan fingerprint density at radius 2 is 2.40 bits per heavy atom. The molecule has 6 heteroatoms. The van der Waals surface area contributed by atoms with E-state index in [-0.39, 0.29) is 6.03 Å². The number of hydrogen-bond acceptors (Lipinski definition) is 4. The number of thiazole rings is 1. The average molecular weight is 296 g/mol. The lowest BCUT2D eigenvalue weighted by atomic mass is 10.1. The van der Waals surface area contributed by atoms with E-state index in [1.54, 1.807) is 11.3 Å². The van der Waals surface area contributed by atoms with E-state index in [1.807, 2.05) is 12.3 Å². The summed E-state index contributed by atoms with van der Waals surface area (Å²) in [5, 5.41) is 8.98. The second-order valence-corrected chi connectivity index (χ2v) is 6.35. The third-order valence-corrected chi connectivity index (χ3v) is 4.52. The molecule has 1 atom stereocenters. The van der Waals surface area contributed by atoms with Crippen molar-refractivity contribution in [2.45, 2.75) is 26.7 Å². The molecule has 0 aliphatic carbocycles. The summed E-state index contributed by atoms with van der Waals surface area (Å²) in [5.41, 5.74) is 1.06. The lowest BCUT2D eigenvalue weighted by molar-refractivity contribution is 0.238. The maximum atomic E-state index is 11.7. The highest BCUT2D eigenvalue weighted by Crippen LogP contribution is 2.14. The van der Waals surface area contributed by atoms with Gasteiger partial charge in [-0.25, -0.2) is 9.78 Å². The SMILES string of the molecule is CCN1CC[C@@H](CNC(=O)NCCc2csc(C)n2)C1. The Morgan fingerprint density at radius 3 is 3.05 bits per heavy atom. The molecule has 5 nitrogen and oxygen atoms in total. The van der Waals surface area contributed by atoms with Crippen LogP contribution in [0, 0.1) is 12.8 Å². The first-order valence-corrected chi connectivity index (χ1v) is 8.20. The minimum Gasteiger partial charge on any atom is -0.338 e. The highest BCUT2D eigenvalue weighted by atomic mass is 32.1. The van der Waals surface area contributed by atoms with Crippen molar-refractivity contribution in [3.63, 3.8) is 0 Å². The Labute approximate surface area is 124 Å². The lowest BCUT2D eigenvalue weighted by Gasteiger charge is -2.14. The summed E-state index contributed by atoms with van der Waals surface area (Å²) >= 11 is 1.65. The first-order chi connectivity index (χ1) is 9.67. The van der Waals surface area contributed by atoms with Crippen molar-refractivity contribution >= 4 is 17.4 Å². The fraction of sp³-hybridized carbons (Fsp3) is 0.714. The van der Waals surface area contributed by atoms with Crippen LogP contribution in [0.5, 0.6) is 0 Å². The van der Waals surface area contributed by atoms with E-state index in [4.69, 9.17) is 0 Å². The Morgan fingerprint density at radius 1 is 1.55 bits per heavy atom. The summed E-state index contributed by atoms with van der Waals surface area (Å²) in [4.78, 5) is 18.5. The second-order valence-electron chi connectivity index (χ2n) is 5.29. The van der Waals surface area contributed by atoms with Crippen LogP contribution in [-0.2, 0) is 6.42 Å². The molecule has 0 saturated carbocycles. The standard InChI is InChI=1S/C14H24N4OS/c1-3-18-7-5-12(9-18)8-16-14(19)15-6-4-13-10-20-11(2)17-13/h10,12H,3-9H2,1-2H3,(H2,15,16,19)/t12-/m0/s1. The number of carbonyl (C=O) groups is 1. The number of urea groups is 1. The fourth-order valence-electron chi connectivity index (χ4n) is 2.49. The number of nitrogens with one attached hydrogen (secondary N) is 2. The predicted molar refractivity (Wildman–Crippen MR) is 82.2 cm³/mol. The largest absolute Gasteiger partial charge is 0.338 e. The van der Waals surface area contributed by atoms with E-state index < -0.39 is 0 Å². The van der Waals surface area contributed by atoms with Gasteiger partial charge in [-0.15, -0.1) is 11.3 Å². The molecule has 2 amide bonds. The van der Waals surface area contributed by atoms with Gasteiger partial charge in [0.15, 0.2) is 0 Å². The molecule has 0 spiro atoms. The van der Waals surface area contributed by atoms with Crippen LogP contribution >= 0.6 is 11.3 Å². The van der Waals surface area contributed by atoms with Gasteiger partial charge in [-0.1, -0.05) is 6.92 Å². The predicted octanol–water partition coefficient (Wildman–Crippen LogP) is 1.64. The fourth-order valence-corrected chi connectivity index (χ4v) is 3.14. The molecule has 20 heavy (non-hydrogen) atoms. The van der Waals surface area contributed by atoms with Gasteiger partial charge < -0.3 is 15.5 Å². The normalized spacial score (nSPS) is 19.2. The first-order valence-electron chi connectivity index (χ1n) is 7.32. The topological polar surface area (TPSA) is 57.3 Å². The molecule has 1 aliphatic rings. The highest BCUT2D eigenvalue weighted by molar-refractivity contribution is 7.09. The molecule has 1 aromatic heterocycles. The van der Waals surface area contributed by atoms with E-state index >= 15 is 0 Å². The third kappa shape index (κ3) is 4.76. The average Bonchev–Trinajstić information content (AvgIpc) is 3.05. The zero-order valence-corrected chi connectivity index (χ0v) is 13.1. The molecular formula is C14H24N4OS. The summed E-state index contributed by atoms with van der Waals surface area (Å²) in [7, 11) is 0. The van der Waals surface area contributed by atoms with E-state index in [0.29, 0.717) is 12.5 Å². The third-order valence-electron chi connectivity index (χ3n) is 3.70. The molecule has 0 unspecified atom stereocenters. The molecule has 112 valence electrons. The number of rotatable bonds is 6. The molecule has 2 heterocycles. The summed E-state index contributed by atoms with van der Waals surface area (Å²) in [6.45, 7) is 8.97. The smallest absolute Gasteiger partial charge is 0.314 e. The zero-order valence-electron chi connectivity index (χ0n) is 12.3. The number of aromatic nitrogens is 1. The van der Waals surface area contributed by atoms with Gasteiger partial charge in [-0.05, 0) is 32.4 Å². The molecule has 0 bridgehead atoms. The number of amides is 2. The number of carbonyl (C=O) groups excluding carboxylic acids is 1. The molecule has 0 radical (unpaired) electrons. The number of aryl methyl sites for hydroxylation is 1. The molecule has 0 aromatic carbocycles. The van der Waals surface area contributed by atoms with Crippen LogP contribution in [0.4, 0.5) is 4.79 Å². The molecule has 1 aromatic rings. The number of hydrogen-bond donors (Lipinski definition) is 2. The summed E-state index contributed by atoms with van der Waals surface area (Å²) in [6.07, 6.45) is 1.98. The Kier molecular flexibility index (Phi) is 5.79. The van der Waals surface area contributed by atoms with Gasteiger partial charge in [-0.3, -0.25) is 0 Å². The quantitative estimate of drug-likeness (QED) is 0.839.